The quantitative estimate of drug-likeness (QED) is 0.811. The largest absolute Gasteiger partial charge is 0.383 e. The van der Waals surface area contributed by atoms with E-state index in [0.717, 1.165) is 40.7 Å². The fourth-order valence-corrected chi connectivity index (χ4v) is 2.71. The molecule has 0 aromatic carbocycles. The van der Waals surface area contributed by atoms with Crippen molar-refractivity contribution in [3.05, 3.63) is 29.0 Å². The highest BCUT2D eigenvalue weighted by Crippen LogP contribution is 2.22. The molecule has 2 aromatic heterocycles. The molecule has 0 saturated carbocycles. The van der Waals surface area contributed by atoms with Crippen LogP contribution in [-0.4, -0.2) is 23.1 Å². The van der Waals surface area contributed by atoms with Gasteiger partial charge in [0.1, 0.15) is 5.52 Å². The van der Waals surface area contributed by atoms with E-state index in [-0.39, 0.29) is 0 Å². The molecule has 0 amide bonds. The predicted octanol–water partition coefficient (Wildman–Crippen LogP) is 3.57. The second-order valence-electron chi connectivity index (χ2n) is 4.99. The third-order valence-corrected chi connectivity index (χ3v) is 3.83. The van der Waals surface area contributed by atoms with Crippen LogP contribution in [0.15, 0.2) is 29.0 Å². The zero-order chi connectivity index (χ0) is 14.4. The Morgan fingerprint density at radius 2 is 2.20 bits per heavy atom. The van der Waals surface area contributed by atoms with Gasteiger partial charge in [0, 0.05) is 23.4 Å². The SMILES string of the molecule is CCCC(CCN)CNc1ccnc2cc(Br)cnc12. The number of hydrogen-bond acceptors (Lipinski definition) is 4. The first-order valence-corrected chi connectivity index (χ1v) is 7.88. The van der Waals surface area contributed by atoms with E-state index in [4.69, 9.17) is 5.73 Å². The maximum atomic E-state index is 5.68. The summed E-state index contributed by atoms with van der Waals surface area (Å²) in [5, 5.41) is 3.50. The van der Waals surface area contributed by atoms with Crippen LogP contribution in [0.5, 0.6) is 0 Å². The van der Waals surface area contributed by atoms with Crippen molar-refractivity contribution in [3.63, 3.8) is 0 Å². The number of nitrogens with one attached hydrogen (secondary N) is 1. The first-order valence-electron chi connectivity index (χ1n) is 7.08. The molecule has 0 aliphatic rings. The molecule has 2 heterocycles. The average molecular weight is 337 g/mol. The highest BCUT2D eigenvalue weighted by atomic mass is 79.9. The Hall–Kier alpha value is -1.20. The number of halogens is 1. The zero-order valence-corrected chi connectivity index (χ0v) is 13.4. The lowest BCUT2D eigenvalue weighted by Crippen LogP contribution is -2.18. The van der Waals surface area contributed by atoms with Gasteiger partial charge in [-0.1, -0.05) is 13.3 Å². The summed E-state index contributed by atoms with van der Waals surface area (Å²) in [5.41, 5.74) is 8.54. The van der Waals surface area contributed by atoms with Gasteiger partial charge in [-0.3, -0.25) is 9.97 Å². The monoisotopic (exact) mass is 336 g/mol. The molecule has 108 valence electrons. The Balaban J connectivity index is 2.12. The molecular formula is C15H21BrN4. The molecule has 0 saturated heterocycles. The molecule has 4 nitrogen and oxygen atoms in total. The highest BCUT2D eigenvalue weighted by Gasteiger charge is 2.09. The number of anilines is 1. The Kier molecular flexibility index (Phi) is 5.73. The van der Waals surface area contributed by atoms with Crippen LogP contribution < -0.4 is 11.1 Å². The molecule has 5 heteroatoms. The Bertz CT molecular complexity index is 553. The van der Waals surface area contributed by atoms with Gasteiger partial charge in [0.2, 0.25) is 0 Å². The molecule has 2 aromatic rings. The molecule has 0 aliphatic carbocycles. The van der Waals surface area contributed by atoms with Crippen LogP contribution in [0.25, 0.3) is 11.0 Å². The van der Waals surface area contributed by atoms with E-state index in [0.29, 0.717) is 5.92 Å². The van der Waals surface area contributed by atoms with Gasteiger partial charge in [-0.05, 0) is 53.4 Å². The number of nitrogens with zero attached hydrogens (tertiary/aromatic N) is 2. The third-order valence-electron chi connectivity index (χ3n) is 3.40. The maximum Gasteiger partial charge on any atom is 0.112 e. The summed E-state index contributed by atoms with van der Waals surface area (Å²) < 4.78 is 0.946. The number of pyridine rings is 2. The van der Waals surface area contributed by atoms with Gasteiger partial charge in [0.05, 0.1) is 11.2 Å². The van der Waals surface area contributed by atoms with Crippen molar-refractivity contribution in [1.29, 1.82) is 0 Å². The second kappa shape index (κ2) is 7.55. The minimum absolute atomic E-state index is 0.615. The van der Waals surface area contributed by atoms with Crippen LogP contribution in [0.3, 0.4) is 0 Å². The lowest BCUT2D eigenvalue weighted by Gasteiger charge is -2.17. The van der Waals surface area contributed by atoms with Gasteiger partial charge >= 0.3 is 0 Å². The summed E-state index contributed by atoms with van der Waals surface area (Å²) in [7, 11) is 0. The summed E-state index contributed by atoms with van der Waals surface area (Å²) in [6, 6.07) is 3.96. The lowest BCUT2D eigenvalue weighted by molar-refractivity contribution is 0.473. The predicted molar refractivity (Wildman–Crippen MR) is 87.8 cm³/mol. The standard InChI is InChI=1S/C15H21BrN4/c1-2-3-11(4-6-17)9-19-13-5-7-18-14-8-12(16)10-20-15(13)14/h5,7-8,10-11H,2-4,6,9,17H2,1H3,(H,18,19). The van der Waals surface area contributed by atoms with Crippen molar-refractivity contribution >= 4 is 32.7 Å². The van der Waals surface area contributed by atoms with E-state index in [9.17, 15) is 0 Å². The summed E-state index contributed by atoms with van der Waals surface area (Å²) in [5.74, 6) is 0.615. The van der Waals surface area contributed by atoms with Crippen molar-refractivity contribution in [2.24, 2.45) is 11.7 Å². The van der Waals surface area contributed by atoms with Crippen LogP contribution in [0.2, 0.25) is 0 Å². The molecule has 1 unspecified atom stereocenters. The van der Waals surface area contributed by atoms with Crippen LogP contribution >= 0.6 is 15.9 Å². The summed E-state index contributed by atoms with van der Waals surface area (Å²) in [4.78, 5) is 8.80. The molecule has 1 atom stereocenters. The molecular weight excluding hydrogens is 316 g/mol. The van der Waals surface area contributed by atoms with Crippen molar-refractivity contribution in [2.75, 3.05) is 18.4 Å². The van der Waals surface area contributed by atoms with E-state index in [1.165, 1.54) is 12.8 Å². The number of aromatic nitrogens is 2. The molecule has 0 fully saturated rings. The van der Waals surface area contributed by atoms with E-state index in [1.54, 1.807) is 6.20 Å². The molecule has 0 bridgehead atoms. The first-order chi connectivity index (χ1) is 9.74. The first kappa shape index (κ1) is 15.2. The van der Waals surface area contributed by atoms with Crippen LogP contribution in [0, 0.1) is 5.92 Å². The van der Waals surface area contributed by atoms with E-state index in [2.05, 4.69) is 38.1 Å². The zero-order valence-electron chi connectivity index (χ0n) is 11.8. The summed E-state index contributed by atoms with van der Waals surface area (Å²) >= 11 is 3.42. The van der Waals surface area contributed by atoms with Crippen LogP contribution in [0.1, 0.15) is 26.2 Å². The molecule has 0 aliphatic heterocycles. The smallest absolute Gasteiger partial charge is 0.112 e. The van der Waals surface area contributed by atoms with Crippen molar-refractivity contribution < 1.29 is 0 Å². The number of nitrogens with two attached hydrogens (primary N) is 1. The molecule has 3 N–H and O–H groups in total. The van der Waals surface area contributed by atoms with Crippen molar-refractivity contribution in [2.45, 2.75) is 26.2 Å². The van der Waals surface area contributed by atoms with E-state index >= 15 is 0 Å². The molecule has 20 heavy (non-hydrogen) atoms. The number of fused-ring (bicyclic) bond motifs is 1. The van der Waals surface area contributed by atoms with E-state index < -0.39 is 0 Å². The highest BCUT2D eigenvalue weighted by molar-refractivity contribution is 9.10. The number of hydrogen-bond donors (Lipinski definition) is 2. The maximum absolute atomic E-state index is 5.68. The van der Waals surface area contributed by atoms with Crippen molar-refractivity contribution in [1.82, 2.24) is 9.97 Å². The van der Waals surface area contributed by atoms with Gasteiger partial charge < -0.3 is 11.1 Å². The number of rotatable bonds is 7. The second-order valence-corrected chi connectivity index (χ2v) is 5.91. The van der Waals surface area contributed by atoms with Crippen LogP contribution in [-0.2, 0) is 0 Å². The van der Waals surface area contributed by atoms with Crippen LogP contribution in [0.4, 0.5) is 5.69 Å². The molecule has 0 radical (unpaired) electrons. The van der Waals surface area contributed by atoms with Gasteiger partial charge in [-0.15, -0.1) is 0 Å². The van der Waals surface area contributed by atoms with E-state index in [1.807, 2.05) is 18.3 Å². The van der Waals surface area contributed by atoms with Crippen molar-refractivity contribution in [3.8, 4) is 0 Å². The topological polar surface area (TPSA) is 63.8 Å². The molecule has 0 spiro atoms. The Morgan fingerprint density at radius 1 is 1.35 bits per heavy atom. The average Bonchev–Trinajstić information content (AvgIpc) is 2.44. The lowest BCUT2D eigenvalue weighted by atomic mass is 10.00. The Labute approximate surface area is 128 Å². The van der Waals surface area contributed by atoms with Gasteiger partial charge in [-0.25, -0.2) is 0 Å². The summed E-state index contributed by atoms with van der Waals surface area (Å²) in [6.45, 7) is 3.89. The minimum Gasteiger partial charge on any atom is -0.383 e. The van der Waals surface area contributed by atoms with Gasteiger partial charge in [0.25, 0.3) is 0 Å². The fraction of sp³-hybridized carbons (Fsp3) is 0.467. The molecule has 2 rings (SSSR count). The normalized spacial score (nSPS) is 12.6. The third kappa shape index (κ3) is 3.90. The minimum atomic E-state index is 0.615. The van der Waals surface area contributed by atoms with Gasteiger partial charge in [0.15, 0.2) is 0 Å². The fourth-order valence-electron chi connectivity index (χ4n) is 2.39. The van der Waals surface area contributed by atoms with Gasteiger partial charge in [-0.2, -0.15) is 0 Å². The summed E-state index contributed by atoms with van der Waals surface area (Å²) in [6.07, 6.45) is 7.07. The Morgan fingerprint density at radius 3 is 2.95 bits per heavy atom.